The normalized spacial score (nSPS) is 11.2. The summed E-state index contributed by atoms with van der Waals surface area (Å²) in [4.78, 5) is 11.4. The van der Waals surface area contributed by atoms with E-state index in [0.717, 1.165) is 18.2 Å². The molecule has 2 aromatic rings. The van der Waals surface area contributed by atoms with Gasteiger partial charge < -0.3 is 5.32 Å². The Labute approximate surface area is 125 Å². The van der Waals surface area contributed by atoms with Crippen molar-refractivity contribution in [1.29, 1.82) is 0 Å². The van der Waals surface area contributed by atoms with Crippen LogP contribution in [0.25, 0.3) is 0 Å². The predicted molar refractivity (Wildman–Crippen MR) is 76.5 cm³/mol. The lowest BCUT2D eigenvalue weighted by molar-refractivity contribution is -0.115. The number of hydrogen-bond donors (Lipinski definition) is 2. The minimum atomic E-state index is -4.01. The first kappa shape index (κ1) is 16.1. The molecule has 0 aliphatic carbocycles. The smallest absolute Gasteiger partial charge is 0.238 e. The zero-order chi connectivity index (χ0) is 16.3. The minimum Gasteiger partial charge on any atom is -0.323 e. The standard InChI is InChI=1S/C14H12F2N2O3S/c15-10-3-1-9(2-4-10)7-14(19)18-13-6-5-11(8-12(13)16)22(17,20)21/h1-6,8H,7H2,(H,18,19)(H2,17,20,21). The molecule has 5 nitrogen and oxygen atoms in total. The molecule has 0 unspecified atom stereocenters. The van der Waals surface area contributed by atoms with Crippen LogP contribution in [0.1, 0.15) is 5.56 Å². The highest BCUT2D eigenvalue weighted by Gasteiger charge is 2.13. The van der Waals surface area contributed by atoms with Crippen molar-refractivity contribution in [3.05, 3.63) is 59.7 Å². The van der Waals surface area contributed by atoms with Crippen LogP contribution in [0.5, 0.6) is 0 Å². The van der Waals surface area contributed by atoms with Crippen LogP contribution in [0.2, 0.25) is 0 Å². The van der Waals surface area contributed by atoms with E-state index in [4.69, 9.17) is 5.14 Å². The van der Waals surface area contributed by atoms with Crippen molar-refractivity contribution >= 4 is 21.6 Å². The molecule has 116 valence electrons. The average Bonchev–Trinajstić information content (AvgIpc) is 2.42. The molecule has 0 radical (unpaired) electrons. The molecule has 0 spiro atoms. The number of sulfonamides is 1. The first-order chi connectivity index (χ1) is 10.3. The lowest BCUT2D eigenvalue weighted by atomic mass is 10.1. The number of amides is 1. The van der Waals surface area contributed by atoms with E-state index in [0.29, 0.717) is 5.56 Å². The molecule has 3 N–H and O–H groups in total. The molecule has 0 saturated heterocycles. The van der Waals surface area contributed by atoms with E-state index in [1.807, 2.05) is 0 Å². The third kappa shape index (κ3) is 4.09. The maximum absolute atomic E-state index is 13.7. The van der Waals surface area contributed by atoms with Gasteiger partial charge in [-0.05, 0) is 35.9 Å². The molecule has 0 saturated carbocycles. The Kier molecular flexibility index (Phi) is 4.53. The highest BCUT2D eigenvalue weighted by molar-refractivity contribution is 7.89. The molecule has 1 amide bonds. The quantitative estimate of drug-likeness (QED) is 0.898. The first-order valence-electron chi connectivity index (χ1n) is 6.12. The summed E-state index contributed by atoms with van der Waals surface area (Å²) >= 11 is 0. The highest BCUT2D eigenvalue weighted by atomic mass is 32.2. The van der Waals surface area contributed by atoms with Crippen molar-refractivity contribution in [2.45, 2.75) is 11.3 Å². The van der Waals surface area contributed by atoms with Crippen LogP contribution < -0.4 is 10.5 Å². The molecule has 0 fully saturated rings. The van der Waals surface area contributed by atoms with Gasteiger partial charge in [-0.1, -0.05) is 12.1 Å². The second-order valence-corrected chi connectivity index (χ2v) is 6.10. The summed E-state index contributed by atoms with van der Waals surface area (Å²) in [6.45, 7) is 0. The lowest BCUT2D eigenvalue weighted by Crippen LogP contribution is -2.16. The second kappa shape index (κ2) is 6.20. The van der Waals surface area contributed by atoms with E-state index in [1.165, 1.54) is 24.3 Å². The summed E-state index contributed by atoms with van der Waals surface area (Å²) < 4.78 is 48.7. The molecule has 2 rings (SSSR count). The lowest BCUT2D eigenvalue weighted by Gasteiger charge is -2.08. The Morgan fingerprint density at radius 3 is 2.27 bits per heavy atom. The Balaban J connectivity index is 2.10. The van der Waals surface area contributed by atoms with E-state index in [-0.39, 0.29) is 17.0 Å². The number of carbonyl (C=O) groups excluding carboxylic acids is 1. The van der Waals surface area contributed by atoms with Crippen LogP contribution >= 0.6 is 0 Å². The summed E-state index contributed by atoms with van der Waals surface area (Å²) in [5.41, 5.74) is 0.389. The maximum Gasteiger partial charge on any atom is 0.238 e. The number of carbonyl (C=O) groups is 1. The van der Waals surface area contributed by atoms with E-state index >= 15 is 0 Å². The van der Waals surface area contributed by atoms with Crippen molar-refractivity contribution in [2.75, 3.05) is 5.32 Å². The average molecular weight is 326 g/mol. The fourth-order valence-corrected chi connectivity index (χ4v) is 2.28. The van der Waals surface area contributed by atoms with Gasteiger partial charge >= 0.3 is 0 Å². The largest absolute Gasteiger partial charge is 0.323 e. The van der Waals surface area contributed by atoms with E-state index in [1.54, 1.807) is 0 Å². The molecule has 0 bridgehead atoms. The molecule has 0 atom stereocenters. The summed E-state index contributed by atoms with van der Waals surface area (Å²) in [6.07, 6.45) is -0.0728. The summed E-state index contributed by atoms with van der Waals surface area (Å²) in [7, 11) is -4.01. The van der Waals surface area contributed by atoms with Gasteiger partial charge in [-0.15, -0.1) is 0 Å². The van der Waals surface area contributed by atoms with Gasteiger partial charge in [0, 0.05) is 0 Å². The van der Waals surface area contributed by atoms with Crippen LogP contribution in [0, 0.1) is 11.6 Å². The third-order valence-corrected chi connectivity index (χ3v) is 3.73. The Morgan fingerprint density at radius 2 is 1.73 bits per heavy atom. The zero-order valence-electron chi connectivity index (χ0n) is 11.2. The molecule has 0 aliphatic rings. The second-order valence-electron chi connectivity index (χ2n) is 4.54. The molecule has 8 heteroatoms. The third-order valence-electron chi connectivity index (χ3n) is 2.82. The molecule has 22 heavy (non-hydrogen) atoms. The van der Waals surface area contributed by atoms with Crippen LogP contribution in [0.4, 0.5) is 14.5 Å². The van der Waals surface area contributed by atoms with E-state index in [2.05, 4.69) is 5.32 Å². The van der Waals surface area contributed by atoms with Gasteiger partial charge in [0.2, 0.25) is 15.9 Å². The number of rotatable bonds is 4. The predicted octanol–water partition coefficient (Wildman–Crippen LogP) is 1.79. The van der Waals surface area contributed by atoms with Gasteiger partial charge in [-0.25, -0.2) is 22.3 Å². The molecule has 0 heterocycles. The fraction of sp³-hybridized carbons (Fsp3) is 0.0714. The number of nitrogens with one attached hydrogen (secondary N) is 1. The Bertz CT molecular complexity index is 805. The van der Waals surface area contributed by atoms with Crippen LogP contribution in [-0.2, 0) is 21.2 Å². The molecular formula is C14H12F2N2O3S. The van der Waals surface area contributed by atoms with E-state index in [9.17, 15) is 22.0 Å². The molecular weight excluding hydrogens is 314 g/mol. The molecule has 0 aromatic heterocycles. The summed E-state index contributed by atoms with van der Waals surface area (Å²) in [5.74, 6) is -1.86. The number of anilines is 1. The summed E-state index contributed by atoms with van der Waals surface area (Å²) in [5, 5.41) is 7.19. The minimum absolute atomic E-state index is 0.0728. The van der Waals surface area contributed by atoms with Gasteiger partial charge in [0.25, 0.3) is 0 Å². The number of hydrogen-bond acceptors (Lipinski definition) is 3. The number of primary sulfonamides is 1. The zero-order valence-corrected chi connectivity index (χ0v) is 12.0. The fourth-order valence-electron chi connectivity index (χ4n) is 1.76. The van der Waals surface area contributed by atoms with Crippen LogP contribution in [0.15, 0.2) is 47.4 Å². The number of nitrogens with two attached hydrogens (primary N) is 1. The highest BCUT2D eigenvalue weighted by Crippen LogP contribution is 2.18. The van der Waals surface area contributed by atoms with Gasteiger partial charge in [0.05, 0.1) is 17.0 Å². The number of benzene rings is 2. The van der Waals surface area contributed by atoms with Gasteiger partial charge in [-0.2, -0.15) is 0 Å². The molecule has 2 aromatic carbocycles. The van der Waals surface area contributed by atoms with Crippen molar-refractivity contribution in [2.24, 2.45) is 5.14 Å². The van der Waals surface area contributed by atoms with Crippen molar-refractivity contribution in [3.8, 4) is 0 Å². The Morgan fingerprint density at radius 1 is 1.09 bits per heavy atom. The number of halogens is 2. The first-order valence-corrected chi connectivity index (χ1v) is 7.67. The van der Waals surface area contributed by atoms with Crippen molar-refractivity contribution in [1.82, 2.24) is 0 Å². The van der Waals surface area contributed by atoms with Crippen molar-refractivity contribution in [3.63, 3.8) is 0 Å². The van der Waals surface area contributed by atoms with Gasteiger partial charge in [0.1, 0.15) is 11.6 Å². The topological polar surface area (TPSA) is 89.3 Å². The SMILES string of the molecule is NS(=O)(=O)c1ccc(NC(=O)Cc2ccc(F)cc2)c(F)c1. The van der Waals surface area contributed by atoms with Gasteiger partial charge in [-0.3, -0.25) is 4.79 Å². The van der Waals surface area contributed by atoms with Gasteiger partial charge in [0.15, 0.2) is 0 Å². The monoisotopic (exact) mass is 326 g/mol. The molecule has 0 aliphatic heterocycles. The van der Waals surface area contributed by atoms with Crippen LogP contribution in [-0.4, -0.2) is 14.3 Å². The van der Waals surface area contributed by atoms with E-state index < -0.39 is 27.6 Å². The maximum atomic E-state index is 13.7. The Hall–Kier alpha value is -2.32. The van der Waals surface area contributed by atoms with Crippen LogP contribution in [0.3, 0.4) is 0 Å². The summed E-state index contributed by atoms with van der Waals surface area (Å²) in [6, 6.07) is 8.23. The van der Waals surface area contributed by atoms with Crippen molar-refractivity contribution < 1.29 is 22.0 Å².